The predicted molar refractivity (Wildman–Crippen MR) is 93.2 cm³/mol. The van der Waals surface area contributed by atoms with E-state index >= 15 is 0 Å². The van der Waals surface area contributed by atoms with Gasteiger partial charge in [-0.2, -0.15) is 0 Å². The molecule has 1 saturated heterocycles. The number of guanidine groups is 1. The highest BCUT2D eigenvalue weighted by molar-refractivity contribution is 7.91. The molecule has 7 heteroatoms. The Balaban J connectivity index is 2.47. The topological polar surface area (TPSA) is 73.8 Å². The lowest BCUT2D eigenvalue weighted by Crippen LogP contribution is -2.50. The highest BCUT2D eigenvalue weighted by Gasteiger charge is 2.21. The Morgan fingerprint density at radius 3 is 2.41 bits per heavy atom. The van der Waals surface area contributed by atoms with E-state index in [0.29, 0.717) is 18.6 Å². The van der Waals surface area contributed by atoms with Crippen molar-refractivity contribution < 1.29 is 8.42 Å². The molecule has 0 unspecified atom stereocenters. The molecule has 0 atom stereocenters. The number of piperidine rings is 1. The van der Waals surface area contributed by atoms with Gasteiger partial charge in [-0.1, -0.05) is 6.92 Å². The molecule has 0 aromatic rings. The molecule has 0 amide bonds. The number of rotatable bonds is 7. The van der Waals surface area contributed by atoms with E-state index in [1.807, 2.05) is 6.92 Å². The van der Waals surface area contributed by atoms with E-state index in [1.165, 1.54) is 0 Å². The minimum absolute atomic E-state index is 0.117. The van der Waals surface area contributed by atoms with Crippen LogP contribution in [0.5, 0.6) is 0 Å². The summed E-state index contributed by atoms with van der Waals surface area (Å²) >= 11 is 0. The molecule has 2 N–H and O–H groups in total. The van der Waals surface area contributed by atoms with Gasteiger partial charge in [-0.15, -0.1) is 0 Å². The average Bonchev–Trinajstić information content (AvgIpc) is 2.48. The number of hydrogen-bond donors (Lipinski definition) is 2. The molecule has 0 saturated carbocycles. The van der Waals surface area contributed by atoms with Crippen LogP contribution in [0.3, 0.4) is 0 Å². The van der Waals surface area contributed by atoms with Crippen molar-refractivity contribution in [2.24, 2.45) is 4.99 Å². The van der Waals surface area contributed by atoms with Crippen LogP contribution in [0.4, 0.5) is 0 Å². The molecule has 0 aromatic carbocycles. The Morgan fingerprint density at radius 1 is 1.27 bits per heavy atom. The molecule has 1 aliphatic rings. The molecule has 130 valence electrons. The zero-order valence-corrected chi connectivity index (χ0v) is 15.2. The van der Waals surface area contributed by atoms with Crippen molar-refractivity contribution in [3.05, 3.63) is 0 Å². The summed E-state index contributed by atoms with van der Waals surface area (Å²) in [5.41, 5.74) is 0. The Labute approximate surface area is 135 Å². The van der Waals surface area contributed by atoms with Gasteiger partial charge in [0.05, 0.1) is 12.3 Å². The third-order valence-corrected chi connectivity index (χ3v) is 5.74. The first kappa shape index (κ1) is 19.2. The second-order valence-corrected chi connectivity index (χ2v) is 8.52. The normalized spacial score (nSPS) is 18.7. The summed E-state index contributed by atoms with van der Waals surface area (Å²) < 4.78 is 23.0. The molecule has 0 bridgehead atoms. The molecule has 1 rings (SSSR count). The van der Waals surface area contributed by atoms with E-state index < -0.39 is 9.84 Å². The van der Waals surface area contributed by atoms with Gasteiger partial charge >= 0.3 is 0 Å². The minimum atomic E-state index is -2.95. The first-order valence-electron chi connectivity index (χ1n) is 8.37. The monoisotopic (exact) mass is 332 g/mol. The van der Waals surface area contributed by atoms with E-state index in [2.05, 4.69) is 34.4 Å². The minimum Gasteiger partial charge on any atom is -0.357 e. The Hall–Kier alpha value is -0.820. The smallest absolute Gasteiger partial charge is 0.191 e. The molecular weight excluding hydrogens is 300 g/mol. The summed E-state index contributed by atoms with van der Waals surface area (Å²) in [7, 11) is -2.95. The van der Waals surface area contributed by atoms with Gasteiger partial charge in [-0.05, 0) is 33.6 Å². The second kappa shape index (κ2) is 9.35. The van der Waals surface area contributed by atoms with E-state index in [4.69, 9.17) is 0 Å². The number of likely N-dealkylation sites (tertiary alicyclic amines) is 1. The van der Waals surface area contributed by atoms with Crippen LogP contribution >= 0.6 is 0 Å². The number of sulfone groups is 1. The average molecular weight is 333 g/mol. The second-order valence-electron chi connectivity index (χ2n) is 6.05. The number of aliphatic imine (C=N–C) groups is 1. The van der Waals surface area contributed by atoms with Crippen molar-refractivity contribution in [2.45, 2.75) is 52.6 Å². The van der Waals surface area contributed by atoms with Crippen molar-refractivity contribution in [1.29, 1.82) is 0 Å². The van der Waals surface area contributed by atoms with Crippen LogP contribution in [0, 0.1) is 0 Å². The fraction of sp³-hybridized carbons (Fsp3) is 0.933. The molecule has 0 radical (unpaired) electrons. The Bertz CT molecular complexity index is 440. The van der Waals surface area contributed by atoms with Crippen LogP contribution in [0.1, 0.15) is 40.5 Å². The van der Waals surface area contributed by atoms with Gasteiger partial charge in [-0.25, -0.2) is 8.42 Å². The van der Waals surface area contributed by atoms with Crippen LogP contribution in [-0.4, -0.2) is 69.0 Å². The van der Waals surface area contributed by atoms with Crippen molar-refractivity contribution in [3.8, 4) is 0 Å². The lowest BCUT2D eigenvalue weighted by atomic mass is 10.0. The summed E-state index contributed by atoms with van der Waals surface area (Å²) in [6, 6.07) is 1.01. The van der Waals surface area contributed by atoms with Crippen LogP contribution in [-0.2, 0) is 9.84 Å². The third-order valence-electron chi connectivity index (χ3n) is 4.06. The molecule has 0 aliphatic carbocycles. The van der Waals surface area contributed by atoms with Gasteiger partial charge in [0.15, 0.2) is 15.8 Å². The Morgan fingerprint density at radius 2 is 1.91 bits per heavy atom. The van der Waals surface area contributed by atoms with Crippen LogP contribution in [0.25, 0.3) is 0 Å². The largest absolute Gasteiger partial charge is 0.357 e. The molecule has 22 heavy (non-hydrogen) atoms. The van der Waals surface area contributed by atoms with E-state index in [-0.39, 0.29) is 11.5 Å². The highest BCUT2D eigenvalue weighted by Crippen LogP contribution is 2.12. The SMILES string of the molecule is CCNC(=NCCS(=O)(=O)CC)NC1CCN(C(C)C)CC1. The lowest BCUT2D eigenvalue weighted by Gasteiger charge is -2.35. The fourth-order valence-corrected chi connectivity index (χ4v) is 3.17. The summed E-state index contributed by atoms with van der Waals surface area (Å²) in [6.45, 7) is 11.4. The fourth-order valence-electron chi connectivity index (χ4n) is 2.51. The summed E-state index contributed by atoms with van der Waals surface area (Å²) in [6.07, 6.45) is 2.19. The van der Waals surface area contributed by atoms with Crippen molar-refractivity contribution in [3.63, 3.8) is 0 Å². The molecule has 1 aliphatic heterocycles. The van der Waals surface area contributed by atoms with E-state index in [1.54, 1.807) is 6.92 Å². The predicted octanol–water partition coefficient (Wildman–Crippen LogP) is 0.849. The van der Waals surface area contributed by atoms with Gasteiger partial charge in [0.25, 0.3) is 0 Å². The van der Waals surface area contributed by atoms with Crippen LogP contribution in [0.15, 0.2) is 4.99 Å². The summed E-state index contributed by atoms with van der Waals surface area (Å²) in [5.74, 6) is 1.03. The first-order chi connectivity index (χ1) is 10.4. The van der Waals surface area contributed by atoms with Crippen LogP contribution < -0.4 is 10.6 Å². The maximum atomic E-state index is 11.5. The van der Waals surface area contributed by atoms with Gasteiger partial charge in [0.2, 0.25) is 0 Å². The third kappa shape index (κ3) is 6.96. The molecule has 6 nitrogen and oxygen atoms in total. The Kier molecular flexibility index (Phi) is 8.17. The van der Waals surface area contributed by atoms with Gasteiger partial charge in [-0.3, -0.25) is 4.99 Å². The highest BCUT2D eigenvalue weighted by atomic mass is 32.2. The molecule has 1 fully saturated rings. The zero-order valence-electron chi connectivity index (χ0n) is 14.4. The van der Waals surface area contributed by atoms with Gasteiger partial charge in [0, 0.05) is 37.5 Å². The molecular formula is C15H32N4O2S. The number of nitrogens with zero attached hydrogens (tertiary/aromatic N) is 2. The van der Waals surface area contributed by atoms with Gasteiger partial charge < -0.3 is 15.5 Å². The van der Waals surface area contributed by atoms with Crippen LogP contribution in [0.2, 0.25) is 0 Å². The zero-order chi connectivity index (χ0) is 16.6. The maximum Gasteiger partial charge on any atom is 0.191 e. The van der Waals surface area contributed by atoms with E-state index in [0.717, 1.165) is 38.4 Å². The van der Waals surface area contributed by atoms with E-state index in [9.17, 15) is 8.42 Å². The lowest BCUT2D eigenvalue weighted by molar-refractivity contribution is 0.167. The molecule has 0 aromatic heterocycles. The first-order valence-corrected chi connectivity index (χ1v) is 10.2. The quantitative estimate of drug-likeness (QED) is 0.534. The maximum absolute atomic E-state index is 11.5. The number of hydrogen-bond acceptors (Lipinski definition) is 4. The standard InChI is InChI=1S/C15H32N4O2S/c1-5-16-15(17-9-12-22(20,21)6-2)18-14-7-10-19(11-8-14)13(3)4/h13-14H,5-12H2,1-4H3,(H2,16,17,18). The number of nitrogens with one attached hydrogen (secondary N) is 2. The summed E-state index contributed by atoms with van der Waals surface area (Å²) in [4.78, 5) is 6.88. The summed E-state index contributed by atoms with van der Waals surface area (Å²) in [5, 5.41) is 6.64. The van der Waals surface area contributed by atoms with Crippen molar-refractivity contribution in [1.82, 2.24) is 15.5 Å². The van der Waals surface area contributed by atoms with Gasteiger partial charge in [0.1, 0.15) is 0 Å². The van der Waals surface area contributed by atoms with Crippen molar-refractivity contribution in [2.75, 3.05) is 37.7 Å². The van der Waals surface area contributed by atoms with Crippen molar-refractivity contribution >= 4 is 15.8 Å². The molecule has 0 spiro atoms. The molecule has 1 heterocycles.